The van der Waals surface area contributed by atoms with Crippen LogP contribution >= 0.6 is 0 Å². The number of ether oxygens (including phenoxy) is 4. The van der Waals surface area contributed by atoms with Crippen LogP contribution in [0.3, 0.4) is 0 Å². The van der Waals surface area contributed by atoms with Gasteiger partial charge in [-0.25, -0.2) is 4.79 Å². The molecule has 0 radical (unpaired) electrons. The van der Waals surface area contributed by atoms with Crippen LogP contribution in [0.2, 0.25) is 0 Å². The minimum Gasteiger partial charge on any atom is -0.455 e. The summed E-state index contributed by atoms with van der Waals surface area (Å²) in [5.41, 5.74) is 4.37. The topological polar surface area (TPSA) is 77.5 Å². The largest absolute Gasteiger partial charge is 0.455 e. The molecule has 0 aromatic heterocycles. The Morgan fingerprint density at radius 2 is 1.75 bits per heavy atom. The van der Waals surface area contributed by atoms with Crippen molar-refractivity contribution in [3.8, 4) is 0 Å². The first kappa shape index (κ1) is 33.7. The number of aliphatic hydroxyl groups is 1. The van der Waals surface area contributed by atoms with Gasteiger partial charge in [-0.1, -0.05) is 57.6 Å². The van der Waals surface area contributed by atoms with Gasteiger partial charge in [-0.05, 0) is 131 Å². The van der Waals surface area contributed by atoms with Crippen molar-refractivity contribution in [2.75, 3.05) is 6.61 Å². The molecule has 4 aliphatic heterocycles. The van der Waals surface area contributed by atoms with Crippen LogP contribution < -0.4 is 0 Å². The van der Waals surface area contributed by atoms with Crippen LogP contribution in [0.4, 0.5) is 0 Å². The summed E-state index contributed by atoms with van der Waals surface area (Å²) in [4.78, 5) is 11.7. The Kier molecular flexibility index (Phi) is 8.26. The molecule has 4 saturated heterocycles. The normalized spacial score (nSPS) is 53.8. The van der Waals surface area contributed by atoms with Gasteiger partial charge in [0.1, 0.15) is 12.2 Å². The van der Waals surface area contributed by atoms with Crippen LogP contribution in [0, 0.1) is 52.3 Å². The lowest BCUT2D eigenvalue weighted by Crippen LogP contribution is -2.50. The standard InChI is InChI=1S/C27H42O3.C15H20O3/c1-16-7-12-27(29-15-16)17(2)24-23(30-27)14-22-20-6-5-18-13-19(28)8-10-25(18,3)21(20)9-11-26(22,24)4;1-9-5-4-8-15(3)13(18-15)12-11(7-6-9)10(2)14(16)17-12/h9,16-20,22-24,28H,5-8,10-15H2,1-4H3;5,11-13H,2,4,6-8H2,1,3H3. The highest BCUT2D eigenvalue weighted by molar-refractivity contribution is 5.91. The molecule has 48 heavy (non-hydrogen) atoms. The van der Waals surface area contributed by atoms with Crippen molar-refractivity contribution in [1.82, 2.24) is 0 Å². The molecule has 9 rings (SSSR count). The van der Waals surface area contributed by atoms with Gasteiger partial charge in [0.05, 0.1) is 24.4 Å². The third-order valence-corrected chi connectivity index (χ3v) is 15.8. The lowest BCUT2D eigenvalue weighted by molar-refractivity contribution is -0.272. The molecule has 0 bridgehead atoms. The Hall–Kier alpha value is -1.47. The number of aliphatic hydroxyl groups excluding tert-OH is 1. The number of esters is 1. The first-order chi connectivity index (χ1) is 22.8. The number of rotatable bonds is 0. The highest BCUT2D eigenvalue weighted by atomic mass is 16.7. The van der Waals surface area contributed by atoms with Crippen LogP contribution in [0.5, 0.6) is 0 Å². The van der Waals surface area contributed by atoms with Crippen molar-refractivity contribution in [2.24, 2.45) is 52.3 Å². The molecule has 9 aliphatic rings. The molecule has 6 nitrogen and oxygen atoms in total. The molecule has 6 heteroatoms. The molecule has 0 amide bonds. The summed E-state index contributed by atoms with van der Waals surface area (Å²) in [7, 11) is 0. The molecule has 15 unspecified atom stereocenters. The number of carbonyl (C=O) groups excluding carboxylic acids is 1. The van der Waals surface area contributed by atoms with E-state index in [0.29, 0.717) is 46.2 Å². The summed E-state index contributed by atoms with van der Waals surface area (Å²) in [5.74, 6) is 3.58. The molecule has 266 valence electrons. The molecular formula is C42H62O6. The predicted molar refractivity (Wildman–Crippen MR) is 186 cm³/mol. The predicted octanol–water partition coefficient (Wildman–Crippen LogP) is 8.48. The first-order valence-corrected chi connectivity index (χ1v) is 19.7. The Bertz CT molecular complexity index is 1370. The molecule has 3 saturated carbocycles. The van der Waals surface area contributed by atoms with Gasteiger partial charge in [0, 0.05) is 23.8 Å². The maximum Gasteiger partial charge on any atom is 0.334 e. The average Bonchev–Trinajstić information content (AvgIpc) is 3.35. The lowest BCUT2D eigenvalue weighted by Gasteiger charge is -2.57. The van der Waals surface area contributed by atoms with Crippen LogP contribution in [0.1, 0.15) is 125 Å². The second-order valence-electron chi connectivity index (χ2n) is 18.7. The van der Waals surface area contributed by atoms with Crippen LogP contribution in [0.25, 0.3) is 0 Å². The van der Waals surface area contributed by atoms with E-state index < -0.39 is 0 Å². The van der Waals surface area contributed by atoms with Gasteiger partial charge < -0.3 is 24.1 Å². The first-order valence-electron chi connectivity index (χ1n) is 19.7. The van der Waals surface area contributed by atoms with E-state index in [0.717, 1.165) is 63.4 Å². The monoisotopic (exact) mass is 662 g/mol. The van der Waals surface area contributed by atoms with E-state index in [1.807, 2.05) is 0 Å². The van der Waals surface area contributed by atoms with E-state index in [4.69, 9.17) is 18.9 Å². The van der Waals surface area contributed by atoms with Crippen molar-refractivity contribution < 1.29 is 28.8 Å². The van der Waals surface area contributed by atoms with Crippen LogP contribution in [-0.2, 0) is 23.7 Å². The van der Waals surface area contributed by atoms with Gasteiger partial charge in [-0.3, -0.25) is 0 Å². The summed E-state index contributed by atoms with van der Waals surface area (Å²) in [6, 6.07) is 0. The zero-order chi connectivity index (χ0) is 33.8. The summed E-state index contributed by atoms with van der Waals surface area (Å²) in [6.45, 7) is 18.9. The minimum absolute atomic E-state index is 0.0661. The second-order valence-corrected chi connectivity index (χ2v) is 18.7. The highest BCUT2D eigenvalue weighted by Crippen LogP contribution is 2.70. The molecule has 4 heterocycles. The third kappa shape index (κ3) is 5.19. The Morgan fingerprint density at radius 1 is 0.938 bits per heavy atom. The quantitative estimate of drug-likeness (QED) is 0.121. The third-order valence-electron chi connectivity index (χ3n) is 15.8. The van der Waals surface area contributed by atoms with Gasteiger partial charge in [0.25, 0.3) is 0 Å². The molecule has 0 aromatic carbocycles. The van der Waals surface area contributed by atoms with Gasteiger partial charge in [0.2, 0.25) is 0 Å². The Balaban J connectivity index is 0.000000160. The summed E-state index contributed by atoms with van der Waals surface area (Å²) in [5, 5.41) is 10.3. The Morgan fingerprint density at radius 3 is 2.52 bits per heavy atom. The fourth-order valence-corrected chi connectivity index (χ4v) is 12.7. The molecule has 7 fully saturated rings. The SMILES string of the molecule is C=C1C(=O)OC2C1CCC(C)=CCCC1(C)OC21.CC1CCC2(OC1)OC1CC3C4CCC5CC(O)CCC5(C)C4=CCC3(C)C1C2C. The number of hydrogen-bond acceptors (Lipinski definition) is 6. The maximum absolute atomic E-state index is 11.7. The number of fused-ring (bicyclic) bond motifs is 10. The van der Waals surface area contributed by atoms with Gasteiger partial charge in [0.15, 0.2) is 5.79 Å². The van der Waals surface area contributed by atoms with Gasteiger partial charge in [-0.15, -0.1) is 0 Å². The zero-order valence-electron chi connectivity index (χ0n) is 30.6. The number of hydrogen-bond donors (Lipinski definition) is 1. The molecular weight excluding hydrogens is 600 g/mol. The smallest absolute Gasteiger partial charge is 0.334 e. The van der Waals surface area contributed by atoms with Crippen molar-refractivity contribution in [3.05, 3.63) is 35.5 Å². The van der Waals surface area contributed by atoms with E-state index in [-0.39, 0.29) is 41.6 Å². The molecule has 1 spiro atoms. The maximum atomic E-state index is 11.7. The van der Waals surface area contributed by atoms with Crippen molar-refractivity contribution in [2.45, 2.75) is 161 Å². The van der Waals surface area contributed by atoms with Crippen molar-refractivity contribution >= 4 is 5.97 Å². The number of carbonyl (C=O) groups is 1. The lowest BCUT2D eigenvalue weighted by atomic mass is 9.48. The van der Waals surface area contributed by atoms with E-state index in [1.165, 1.54) is 44.1 Å². The van der Waals surface area contributed by atoms with Crippen LogP contribution in [-0.4, -0.2) is 53.5 Å². The molecule has 1 N–H and O–H groups in total. The van der Waals surface area contributed by atoms with Gasteiger partial charge >= 0.3 is 5.97 Å². The number of epoxide rings is 1. The minimum atomic E-state index is -0.303. The molecule has 15 atom stereocenters. The Labute approximate surface area is 289 Å². The fraction of sp³-hybridized carbons (Fsp3) is 0.833. The second kappa shape index (κ2) is 11.8. The average molecular weight is 663 g/mol. The van der Waals surface area contributed by atoms with E-state index in [9.17, 15) is 9.90 Å². The van der Waals surface area contributed by atoms with E-state index >= 15 is 0 Å². The van der Waals surface area contributed by atoms with E-state index in [2.05, 4.69) is 60.3 Å². The number of allylic oxidation sites excluding steroid dienone is 4. The van der Waals surface area contributed by atoms with Crippen molar-refractivity contribution in [3.63, 3.8) is 0 Å². The molecule has 0 aromatic rings. The fourth-order valence-electron chi connectivity index (χ4n) is 12.7. The summed E-state index contributed by atoms with van der Waals surface area (Å²) in [6.07, 6.45) is 19.8. The summed E-state index contributed by atoms with van der Waals surface area (Å²) >= 11 is 0. The summed E-state index contributed by atoms with van der Waals surface area (Å²) < 4.78 is 24.6. The van der Waals surface area contributed by atoms with Crippen LogP contribution in [0.15, 0.2) is 35.5 Å². The molecule has 5 aliphatic carbocycles. The van der Waals surface area contributed by atoms with Gasteiger partial charge in [-0.2, -0.15) is 0 Å². The zero-order valence-corrected chi connectivity index (χ0v) is 30.6. The highest BCUT2D eigenvalue weighted by Gasteiger charge is 2.68. The van der Waals surface area contributed by atoms with Crippen molar-refractivity contribution in [1.29, 1.82) is 0 Å². The van der Waals surface area contributed by atoms with E-state index in [1.54, 1.807) is 5.57 Å².